The predicted octanol–water partition coefficient (Wildman–Crippen LogP) is 17.8. The van der Waals surface area contributed by atoms with Crippen LogP contribution in [0.1, 0.15) is 290 Å². The van der Waals surface area contributed by atoms with Crippen LogP contribution in [0, 0.1) is 0 Å². The topological polar surface area (TPSA) is 125 Å². The molecule has 1 heterocycles. The summed E-state index contributed by atoms with van der Waals surface area (Å²) in [6.07, 6.45) is 56.1. The maximum absolute atomic E-state index is 13.1. The minimum Gasteiger partial charge on any atom is -0.505 e. The van der Waals surface area contributed by atoms with E-state index in [1.165, 1.54) is 116 Å². The maximum Gasteiger partial charge on any atom is 0.379 e. The van der Waals surface area contributed by atoms with Gasteiger partial charge in [0.1, 0.15) is 6.61 Å². The first-order chi connectivity index (χ1) is 33.8. The summed E-state index contributed by atoms with van der Waals surface area (Å²) < 4.78 is 22.0. The van der Waals surface area contributed by atoms with E-state index in [4.69, 9.17) is 18.9 Å². The van der Waals surface area contributed by atoms with Gasteiger partial charge in [-0.1, -0.05) is 211 Å². The van der Waals surface area contributed by atoms with Gasteiger partial charge in [0, 0.05) is 19.3 Å². The Balaban J connectivity index is 2.54. The van der Waals surface area contributed by atoms with E-state index >= 15 is 0 Å². The van der Waals surface area contributed by atoms with Crippen molar-refractivity contribution in [2.24, 2.45) is 0 Å². The number of ether oxygens (including phenoxy) is 4. The molecular formula is C60H104O9. The molecule has 0 aliphatic carbocycles. The number of esters is 4. The number of carbonyl (C=O) groups excluding carboxylic acids is 4. The molecule has 1 aliphatic heterocycles. The molecule has 0 radical (unpaired) electrons. The molecule has 0 unspecified atom stereocenters. The Labute approximate surface area is 422 Å². The highest BCUT2D eigenvalue weighted by molar-refractivity contribution is 5.92. The van der Waals surface area contributed by atoms with E-state index < -0.39 is 54.2 Å². The third-order valence-corrected chi connectivity index (χ3v) is 13.1. The van der Waals surface area contributed by atoms with Gasteiger partial charge in [0.25, 0.3) is 5.76 Å². The molecule has 0 amide bonds. The van der Waals surface area contributed by atoms with Gasteiger partial charge < -0.3 is 24.1 Å². The van der Waals surface area contributed by atoms with Crippen LogP contribution >= 0.6 is 0 Å². The molecule has 0 aromatic heterocycles. The van der Waals surface area contributed by atoms with Crippen molar-refractivity contribution < 1.29 is 43.2 Å². The van der Waals surface area contributed by atoms with Crippen molar-refractivity contribution in [3.63, 3.8) is 0 Å². The monoisotopic (exact) mass is 969 g/mol. The van der Waals surface area contributed by atoms with Gasteiger partial charge in [-0.15, -0.1) is 0 Å². The summed E-state index contributed by atoms with van der Waals surface area (Å²) in [6.45, 7) is 6.34. The number of aliphatic hydroxyl groups is 1. The van der Waals surface area contributed by atoms with E-state index in [2.05, 4.69) is 57.2 Å². The number of hydrogen-bond acceptors (Lipinski definition) is 9. The number of aliphatic hydroxyl groups excluding tert-OH is 1. The first-order valence-corrected chi connectivity index (χ1v) is 29.0. The highest BCUT2D eigenvalue weighted by atomic mass is 16.6. The lowest BCUT2D eigenvalue weighted by Gasteiger charge is -2.22. The SMILES string of the molecule is CCCCCCCC/C=C\CCCCCCCC(=O)OC[C@H](OC(=O)CCCCCCC/C=C\CCCCCCCC)[C@H]1OC(=O)C(OC(=O)CCCCCCC/C=C\CCCCCCCC)=C1O. The molecule has 69 heavy (non-hydrogen) atoms. The third kappa shape index (κ3) is 39.0. The van der Waals surface area contributed by atoms with Gasteiger partial charge >= 0.3 is 23.9 Å². The summed E-state index contributed by atoms with van der Waals surface area (Å²) in [5, 5.41) is 11.1. The highest BCUT2D eigenvalue weighted by Crippen LogP contribution is 2.27. The van der Waals surface area contributed by atoms with Crippen molar-refractivity contribution in [1.29, 1.82) is 0 Å². The number of carbonyl (C=O) groups is 4. The fourth-order valence-electron chi connectivity index (χ4n) is 8.65. The Kier molecular flexibility index (Phi) is 44.5. The van der Waals surface area contributed by atoms with Crippen LogP contribution in [0.5, 0.6) is 0 Å². The van der Waals surface area contributed by atoms with Gasteiger partial charge in [0.2, 0.25) is 6.10 Å². The normalized spacial score (nSPS) is 14.4. The van der Waals surface area contributed by atoms with Crippen molar-refractivity contribution in [3.05, 3.63) is 48.0 Å². The Morgan fingerprint density at radius 3 is 1.12 bits per heavy atom. The van der Waals surface area contributed by atoms with Crippen LogP contribution in [0.15, 0.2) is 48.0 Å². The Morgan fingerprint density at radius 1 is 0.449 bits per heavy atom. The van der Waals surface area contributed by atoms with E-state index in [-0.39, 0.29) is 19.3 Å². The molecule has 9 heteroatoms. The van der Waals surface area contributed by atoms with Crippen molar-refractivity contribution >= 4 is 23.9 Å². The Morgan fingerprint density at radius 2 is 0.754 bits per heavy atom. The lowest BCUT2D eigenvalue weighted by Crippen LogP contribution is -2.38. The molecular weight excluding hydrogens is 865 g/mol. The van der Waals surface area contributed by atoms with Crippen LogP contribution in [0.4, 0.5) is 0 Å². The van der Waals surface area contributed by atoms with Crippen LogP contribution in [0.2, 0.25) is 0 Å². The van der Waals surface area contributed by atoms with Crippen molar-refractivity contribution in [1.82, 2.24) is 0 Å². The molecule has 1 rings (SSSR count). The molecule has 398 valence electrons. The van der Waals surface area contributed by atoms with E-state index in [1.807, 2.05) is 0 Å². The molecule has 0 saturated heterocycles. The second kappa shape index (κ2) is 48.3. The van der Waals surface area contributed by atoms with Crippen LogP contribution in [0.3, 0.4) is 0 Å². The molecule has 0 aromatic rings. The summed E-state index contributed by atoms with van der Waals surface area (Å²) in [7, 11) is 0. The molecule has 1 aliphatic rings. The fourth-order valence-corrected chi connectivity index (χ4v) is 8.65. The van der Waals surface area contributed by atoms with Crippen LogP contribution in [-0.2, 0) is 38.1 Å². The van der Waals surface area contributed by atoms with Gasteiger partial charge in [-0.05, 0) is 96.3 Å². The number of rotatable bonds is 50. The number of allylic oxidation sites excluding steroid dienone is 6. The summed E-state index contributed by atoms with van der Waals surface area (Å²) in [6, 6.07) is 0. The molecule has 0 bridgehead atoms. The molecule has 0 fully saturated rings. The molecule has 2 atom stereocenters. The van der Waals surface area contributed by atoms with Crippen molar-refractivity contribution in [2.75, 3.05) is 6.61 Å². The standard InChI is InChI=1S/C60H104O9/c1-4-7-10-13-16-19-22-25-28-31-34-37-40-43-46-49-54(61)66-52-53(67-55(62)50-47-44-41-38-35-32-29-26-23-20-17-14-11-8-5-2)58-57(64)59(60(65)69-58)68-56(63)51-48-45-42-39-36-33-30-27-24-21-18-15-12-9-6-3/h25-30,53,58,64H,4-24,31-52H2,1-3H3/b28-25-,29-26-,30-27-/t53-,58+/m0/s1. The zero-order valence-electron chi connectivity index (χ0n) is 44.7. The van der Waals surface area contributed by atoms with Crippen molar-refractivity contribution in [2.45, 2.75) is 303 Å². The van der Waals surface area contributed by atoms with Crippen LogP contribution in [-0.4, -0.2) is 47.8 Å². The smallest absolute Gasteiger partial charge is 0.379 e. The first kappa shape index (κ1) is 63.7. The molecule has 0 aromatic carbocycles. The summed E-state index contributed by atoms with van der Waals surface area (Å²) >= 11 is 0. The van der Waals surface area contributed by atoms with Crippen LogP contribution < -0.4 is 0 Å². The largest absolute Gasteiger partial charge is 0.505 e. The van der Waals surface area contributed by atoms with Gasteiger partial charge in [-0.3, -0.25) is 14.4 Å². The first-order valence-electron chi connectivity index (χ1n) is 29.0. The molecule has 1 N–H and O–H groups in total. The van der Waals surface area contributed by atoms with E-state index in [9.17, 15) is 24.3 Å². The Hall–Kier alpha value is -3.36. The van der Waals surface area contributed by atoms with E-state index in [0.29, 0.717) is 19.3 Å². The lowest BCUT2D eigenvalue weighted by molar-refractivity contribution is -0.171. The highest BCUT2D eigenvalue weighted by Gasteiger charge is 2.44. The maximum atomic E-state index is 13.1. The predicted molar refractivity (Wildman–Crippen MR) is 285 cm³/mol. The summed E-state index contributed by atoms with van der Waals surface area (Å²) in [5.74, 6) is -3.89. The van der Waals surface area contributed by atoms with E-state index in [1.54, 1.807) is 0 Å². The summed E-state index contributed by atoms with van der Waals surface area (Å²) in [4.78, 5) is 51.5. The molecule has 9 nitrogen and oxygen atoms in total. The second-order valence-corrected chi connectivity index (χ2v) is 19.7. The van der Waals surface area contributed by atoms with Gasteiger partial charge in [0.15, 0.2) is 11.9 Å². The minimum atomic E-state index is -1.45. The number of unbranched alkanes of at least 4 members (excludes halogenated alkanes) is 33. The lowest BCUT2D eigenvalue weighted by atomic mass is 10.1. The van der Waals surface area contributed by atoms with Gasteiger partial charge in [-0.2, -0.15) is 0 Å². The molecule has 0 spiro atoms. The van der Waals surface area contributed by atoms with Gasteiger partial charge in [0.05, 0.1) is 0 Å². The van der Waals surface area contributed by atoms with Gasteiger partial charge in [-0.25, -0.2) is 4.79 Å². The zero-order chi connectivity index (χ0) is 50.1. The Bertz CT molecular complexity index is 1380. The summed E-state index contributed by atoms with van der Waals surface area (Å²) in [5.41, 5.74) is 0. The quantitative estimate of drug-likeness (QED) is 0.0274. The fraction of sp³-hybridized carbons (Fsp3) is 0.800. The zero-order valence-corrected chi connectivity index (χ0v) is 44.7. The third-order valence-electron chi connectivity index (χ3n) is 13.1. The average molecular weight is 969 g/mol. The second-order valence-electron chi connectivity index (χ2n) is 19.7. The van der Waals surface area contributed by atoms with Crippen LogP contribution in [0.25, 0.3) is 0 Å². The minimum absolute atomic E-state index is 0.0925. The number of cyclic esters (lactones) is 1. The van der Waals surface area contributed by atoms with Crippen molar-refractivity contribution in [3.8, 4) is 0 Å². The molecule has 0 saturated carbocycles. The number of hydrogen-bond donors (Lipinski definition) is 1. The average Bonchev–Trinajstić information content (AvgIpc) is 3.62. The van der Waals surface area contributed by atoms with E-state index in [0.717, 1.165) is 116 Å².